The van der Waals surface area contributed by atoms with Crippen LogP contribution in [-0.4, -0.2) is 16.2 Å². The molecular formula is C27H38O4. The van der Waals surface area contributed by atoms with Crippen LogP contribution in [0, 0.1) is 24.7 Å². The lowest BCUT2D eigenvalue weighted by Gasteiger charge is -2.24. The second-order valence-electron chi connectivity index (χ2n) is 11.2. The van der Waals surface area contributed by atoms with Gasteiger partial charge in [0.15, 0.2) is 0 Å². The van der Waals surface area contributed by atoms with Crippen molar-refractivity contribution in [1.29, 1.82) is 0 Å². The van der Waals surface area contributed by atoms with E-state index in [0.717, 1.165) is 28.7 Å². The Morgan fingerprint density at radius 1 is 0.839 bits per heavy atom. The molecule has 0 fully saturated rings. The fourth-order valence-corrected chi connectivity index (χ4v) is 3.73. The smallest absolute Gasteiger partial charge is 0.318 e. The average Bonchev–Trinajstić information content (AvgIpc) is 2.59. The van der Waals surface area contributed by atoms with E-state index in [0.29, 0.717) is 17.7 Å². The minimum Gasteiger partial charge on any atom is -0.508 e. The van der Waals surface area contributed by atoms with E-state index in [1.807, 2.05) is 19.9 Å². The van der Waals surface area contributed by atoms with Crippen molar-refractivity contribution >= 4 is 5.97 Å². The zero-order chi connectivity index (χ0) is 23.7. The SMILES string of the molecule is Cc1cc(OC(=O)C(C)c2cc(C)c(O)cc2CC(C)(C)C)c(CC(C)(C)C)cc1O. The molecule has 2 N–H and O–H groups in total. The normalized spacial score (nSPS) is 13.2. The van der Waals surface area contributed by atoms with Crippen LogP contribution in [0.25, 0.3) is 0 Å². The Labute approximate surface area is 187 Å². The number of ether oxygens (including phenoxy) is 1. The number of rotatable bonds is 5. The van der Waals surface area contributed by atoms with Gasteiger partial charge in [0, 0.05) is 0 Å². The van der Waals surface area contributed by atoms with E-state index in [1.54, 1.807) is 25.1 Å². The molecule has 0 saturated heterocycles. The van der Waals surface area contributed by atoms with Crippen LogP contribution in [-0.2, 0) is 17.6 Å². The van der Waals surface area contributed by atoms with Gasteiger partial charge in [-0.3, -0.25) is 4.79 Å². The molecule has 2 aromatic carbocycles. The number of carbonyl (C=O) groups is 1. The van der Waals surface area contributed by atoms with Gasteiger partial charge in [0.25, 0.3) is 0 Å². The summed E-state index contributed by atoms with van der Waals surface area (Å²) in [5, 5.41) is 20.4. The van der Waals surface area contributed by atoms with E-state index in [4.69, 9.17) is 4.74 Å². The van der Waals surface area contributed by atoms with Crippen LogP contribution in [0.15, 0.2) is 24.3 Å². The molecule has 2 aromatic rings. The van der Waals surface area contributed by atoms with Gasteiger partial charge in [0.05, 0.1) is 5.92 Å². The maximum absolute atomic E-state index is 13.2. The summed E-state index contributed by atoms with van der Waals surface area (Å²) in [6.07, 6.45) is 1.41. The zero-order valence-electron chi connectivity index (χ0n) is 20.5. The van der Waals surface area contributed by atoms with Gasteiger partial charge in [-0.15, -0.1) is 0 Å². The molecule has 4 heteroatoms. The molecule has 0 aliphatic carbocycles. The third-order valence-corrected chi connectivity index (χ3v) is 5.31. The predicted molar refractivity (Wildman–Crippen MR) is 126 cm³/mol. The lowest BCUT2D eigenvalue weighted by Crippen LogP contribution is -2.21. The number of carbonyl (C=O) groups excluding carboxylic acids is 1. The van der Waals surface area contributed by atoms with Crippen LogP contribution >= 0.6 is 0 Å². The number of hydrogen-bond donors (Lipinski definition) is 2. The van der Waals surface area contributed by atoms with E-state index in [9.17, 15) is 15.0 Å². The van der Waals surface area contributed by atoms with Gasteiger partial charge in [-0.25, -0.2) is 0 Å². The minimum absolute atomic E-state index is 0.00796. The second kappa shape index (κ2) is 8.94. The molecule has 170 valence electrons. The lowest BCUT2D eigenvalue weighted by molar-refractivity contribution is -0.135. The molecule has 0 heterocycles. The highest BCUT2D eigenvalue weighted by Crippen LogP contribution is 2.36. The summed E-state index contributed by atoms with van der Waals surface area (Å²) in [6.45, 7) is 18.2. The van der Waals surface area contributed by atoms with Crippen molar-refractivity contribution in [3.05, 3.63) is 52.1 Å². The molecule has 0 bridgehead atoms. The lowest BCUT2D eigenvalue weighted by atomic mass is 9.83. The van der Waals surface area contributed by atoms with E-state index < -0.39 is 5.92 Å². The van der Waals surface area contributed by atoms with Crippen LogP contribution in [0.4, 0.5) is 0 Å². The Balaban J connectivity index is 2.41. The molecule has 1 atom stereocenters. The van der Waals surface area contributed by atoms with Crippen LogP contribution in [0.1, 0.15) is 82.2 Å². The minimum atomic E-state index is -0.492. The maximum atomic E-state index is 13.2. The van der Waals surface area contributed by atoms with Crippen LogP contribution in [0.3, 0.4) is 0 Å². The number of hydrogen-bond acceptors (Lipinski definition) is 4. The number of benzene rings is 2. The Morgan fingerprint density at radius 2 is 1.29 bits per heavy atom. The van der Waals surface area contributed by atoms with Crippen molar-refractivity contribution in [1.82, 2.24) is 0 Å². The Hall–Kier alpha value is -2.49. The molecule has 0 aliphatic heterocycles. The summed E-state index contributed by atoms with van der Waals surface area (Å²) in [6, 6.07) is 7.10. The third kappa shape index (κ3) is 6.75. The van der Waals surface area contributed by atoms with E-state index in [2.05, 4.69) is 41.5 Å². The Kier molecular flexibility index (Phi) is 7.14. The monoisotopic (exact) mass is 426 g/mol. The first-order valence-corrected chi connectivity index (χ1v) is 10.9. The number of phenolic OH excluding ortho intramolecular Hbond substituents is 2. The number of aromatic hydroxyl groups is 2. The van der Waals surface area contributed by atoms with Crippen molar-refractivity contribution in [2.75, 3.05) is 0 Å². The molecule has 1 unspecified atom stereocenters. The largest absolute Gasteiger partial charge is 0.508 e. The Morgan fingerprint density at radius 3 is 1.81 bits per heavy atom. The maximum Gasteiger partial charge on any atom is 0.318 e. The third-order valence-electron chi connectivity index (χ3n) is 5.31. The standard InChI is InChI=1S/C27H38O4/c1-16-10-21(19(12-22(16)28)14-26(4,5)6)18(3)25(30)31-24-11-17(2)23(29)13-20(24)15-27(7,8)9/h10-13,18,28-29H,14-15H2,1-9H3. The van der Waals surface area contributed by atoms with Crippen LogP contribution in [0.5, 0.6) is 17.2 Å². The summed E-state index contributed by atoms with van der Waals surface area (Å²) in [7, 11) is 0. The molecule has 0 radical (unpaired) electrons. The number of esters is 1. The fourth-order valence-electron chi connectivity index (χ4n) is 3.73. The zero-order valence-corrected chi connectivity index (χ0v) is 20.5. The van der Waals surface area contributed by atoms with Gasteiger partial charge in [0.1, 0.15) is 17.2 Å². The first kappa shape index (κ1) is 24.8. The number of phenols is 2. The van der Waals surface area contributed by atoms with Gasteiger partial charge in [-0.1, -0.05) is 47.6 Å². The van der Waals surface area contributed by atoms with Gasteiger partial charge in [-0.2, -0.15) is 0 Å². The van der Waals surface area contributed by atoms with E-state index >= 15 is 0 Å². The second-order valence-corrected chi connectivity index (χ2v) is 11.2. The molecule has 31 heavy (non-hydrogen) atoms. The van der Waals surface area contributed by atoms with Crippen LogP contribution < -0.4 is 4.74 Å². The summed E-state index contributed by atoms with van der Waals surface area (Å²) < 4.78 is 5.89. The molecule has 0 aliphatic rings. The fraction of sp³-hybridized carbons (Fsp3) is 0.519. The molecule has 0 aromatic heterocycles. The van der Waals surface area contributed by atoms with E-state index in [1.165, 1.54) is 0 Å². The summed E-state index contributed by atoms with van der Waals surface area (Å²) in [5.41, 5.74) is 4.03. The topological polar surface area (TPSA) is 66.8 Å². The quantitative estimate of drug-likeness (QED) is 0.417. The first-order valence-electron chi connectivity index (χ1n) is 10.9. The molecule has 0 saturated carbocycles. The van der Waals surface area contributed by atoms with Crippen molar-refractivity contribution in [2.45, 2.75) is 81.1 Å². The molecular weight excluding hydrogens is 388 g/mol. The van der Waals surface area contributed by atoms with Crippen molar-refractivity contribution in [3.63, 3.8) is 0 Å². The predicted octanol–water partition coefficient (Wildman–Crippen LogP) is 6.60. The number of aryl methyl sites for hydroxylation is 2. The Bertz CT molecular complexity index is 959. The molecule has 2 rings (SSSR count). The van der Waals surface area contributed by atoms with Gasteiger partial charge >= 0.3 is 5.97 Å². The highest BCUT2D eigenvalue weighted by Gasteiger charge is 2.26. The van der Waals surface area contributed by atoms with Gasteiger partial charge in [0.2, 0.25) is 0 Å². The summed E-state index contributed by atoms with van der Waals surface area (Å²) >= 11 is 0. The highest BCUT2D eigenvalue weighted by atomic mass is 16.5. The van der Waals surface area contributed by atoms with Gasteiger partial charge in [-0.05, 0) is 90.5 Å². The van der Waals surface area contributed by atoms with Crippen LogP contribution in [0.2, 0.25) is 0 Å². The summed E-state index contributed by atoms with van der Waals surface area (Å²) in [5.74, 6) is 0.0996. The highest BCUT2D eigenvalue weighted by molar-refractivity contribution is 5.81. The van der Waals surface area contributed by atoms with Crippen molar-refractivity contribution < 1.29 is 19.7 Å². The van der Waals surface area contributed by atoms with Gasteiger partial charge < -0.3 is 14.9 Å². The van der Waals surface area contributed by atoms with Crippen molar-refractivity contribution in [3.8, 4) is 17.2 Å². The summed E-state index contributed by atoms with van der Waals surface area (Å²) in [4.78, 5) is 13.2. The van der Waals surface area contributed by atoms with E-state index in [-0.39, 0.29) is 28.3 Å². The first-order chi connectivity index (χ1) is 14.1. The molecule has 4 nitrogen and oxygen atoms in total. The molecule has 0 amide bonds. The van der Waals surface area contributed by atoms with Crippen molar-refractivity contribution in [2.24, 2.45) is 10.8 Å². The molecule has 0 spiro atoms. The average molecular weight is 427 g/mol.